The van der Waals surface area contributed by atoms with E-state index in [2.05, 4.69) is 20.6 Å². The topological polar surface area (TPSA) is 123 Å². The quantitative estimate of drug-likeness (QED) is 0.252. The van der Waals surface area contributed by atoms with Crippen LogP contribution in [0.2, 0.25) is 0 Å². The molecule has 1 aliphatic carbocycles. The first-order valence-electron chi connectivity index (χ1n) is 13.8. The summed E-state index contributed by atoms with van der Waals surface area (Å²) < 4.78 is 52.4. The number of alkyl halides is 3. The van der Waals surface area contributed by atoms with Gasteiger partial charge < -0.3 is 19.9 Å². The number of carbonyl (C=O) groups excluding carboxylic acids is 1. The summed E-state index contributed by atoms with van der Waals surface area (Å²) in [6.45, 7) is 8.36. The van der Waals surface area contributed by atoms with Crippen LogP contribution in [-0.2, 0) is 15.7 Å². The number of carbonyl (C=O) groups is 2. The Balaban J connectivity index is 1.72. The lowest BCUT2D eigenvalue weighted by Crippen LogP contribution is -2.27. The highest BCUT2D eigenvalue weighted by atomic mass is 19.4. The van der Waals surface area contributed by atoms with Gasteiger partial charge in [0.2, 0.25) is 0 Å². The number of carboxylic acids is 1. The zero-order valence-corrected chi connectivity index (χ0v) is 24.8. The molecule has 0 saturated heterocycles. The third kappa shape index (κ3) is 7.74. The van der Waals surface area contributed by atoms with Gasteiger partial charge in [-0.2, -0.15) is 13.2 Å². The number of halogens is 3. The predicted molar refractivity (Wildman–Crippen MR) is 157 cm³/mol. The molecule has 0 saturated carbocycles. The minimum atomic E-state index is -4.66. The number of ether oxygens (including phenoxy) is 2. The fraction of sp³-hybridized carbons (Fsp3) is 0.419. The van der Waals surface area contributed by atoms with Gasteiger partial charge in [0.1, 0.15) is 23.0 Å². The van der Waals surface area contributed by atoms with Crippen LogP contribution >= 0.6 is 0 Å². The number of amides is 1. The normalized spacial score (nSPS) is 16.3. The van der Waals surface area contributed by atoms with E-state index < -0.39 is 41.4 Å². The van der Waals surface area contributed by atoms with Gasteiger partial charge in [-0.1, -0.05) is 6.08 Å². The van der Waals surface area contributed by atoms with Gasteiger partial charge in [-0.15, -0.1) is 0 Å². The van der Waals surface area contributed by atoms with Crippen molar-refractivity contribution in [1.82, 2.24) is 9.97 Å². The molecule has 4 rings (SSSR count). The number of hydrogen-bond donors (Lipinski definition) is 3. The molecule has 0 aliphatic heterocycles. The summed E-state index contributed by atoms with van der Waals surface area (Å²) in [5.41, 5.74) is 0.712. The van der Waals surface area contributed by atoms with Crippen molar-refractivity contribution in [3.63, 3.8) is 0 Å². The van der Waals surface area contributed by atoms with Gasteiger partial charge >= 0.3 is 18.2 Å². The molecule has 0 radical (unpaired) electrons. The molecular formula is C31H35F3N4O5. The summed E-state index contributed by atoms with van der Waals surface area (Å²) in [5, 5.41) is 15.6. The van der Waals surface area contributed by atoms with Gasteiger partial charge in [0.05, 0.1) is 30.1 Å². The number of rotatable bonds is 7. The SMILES string of the molecule is COc1cc2nc(C)nc(N[C@H](C)c3cc(NC(=O)OC(C)(C)C)cc(C(F)(F)F)c3)c2cc1C1=CCC(C(=O)O)CC1. The molecule has 1 heterocycles. The number of nitrogens with zero attached hydrogens (tertiary/aromatic N) is 2. The molecule has 1 aliphatic rings. The molecule has 43 heavy (non-hydrogen) atoms. The van der Waals surface area contributed by atoms with Crippen molar-refractivity contribution in [1.29, 1.82) is 0 Å². The van der Waals surface area contributed by atoms with E-state index in [-0.39, 0.29) is 11.3 Å². The van der Waals surface area contributed by atoms with Crippen LogP contribution in [0, 0.1) is 12.8 Å². The van der Waals surface area contributed by atoms with Crippen LogP contribution in [0.4, 0.5) is 29.5 Å². The van der Waals surface area contributed by atoms with Crippen LogP contribution in [-0.4, -0.2) is 39.8 Å². The van der Waals surface area contributed by atoms with E-state index in [0.717, 1.165) is 23.3 Å². The van der Waals surface area contributed by atoms with Crippen LogP contribution in [0.5, 0.6) is 5.75 Å². The minimum absolute atomic E-state index is 0.0626. The predicted octanol–water partition coefficient (Wildman–Crippen LogP) is 7.75. The lowest BCUT2D eigenvalue weighted by molar-refractivity contribution is -0.142. The number of benzene rings is 2. The van der Waals surface area contributed by atoms with Crippen molar-refractivity contribution in [3.8, 4) is 5.75 Å². The number of aromatic nitrogens is 2. The van der Waals surface area contributed by atoms with Crippen molar-refractivity contribution in [2.75, 3.05) is 17.7 Å². The average Bonchev–Trinajstić information content (AvgIpc) is 2.90. The molecule has 1 amide bonds. The van der Waals surface area contributed by atoms with Crippen LogP contribution in [0.3, 0.4) is 0 Å². The van der Waals surface area contributed by atoms with Gasteiger partial charge in [-0.25, -0.2) is 14.8 Å². The number of allylic oxidation sites excluding steroid dienone is 2. The van der Waals surface area contributed by atoms with E-state index in [1.165, 1.54) is 6.07 Å². The van der Waals surface area contributed by atoms with Crippen LogP contribution in [0.1, 0.15) is 75.5 Å². The van der Waals surface area contributed by atoms with Crippen LogP contribution in [0.25, 0.3) is 16.5 Å². The summed E-state index contributed by atoms with van der Waals surface area (Å²) >= 11 is 0. The number of nitrogens with one attached hydrogen (secondary N) is 2. The monoisotopic (exact) mass is 600 g/mol. The molecule has 0 fully saturated rings. The van der Waals surface area contributed by atoms with Gasteiger partial charge in [-0.05, 0) is 89.3 Å². The number of anilines is 2. The molecular weight excluding hydrogens is 565 g/mol. The smallest absolute Gasteiger partial charge is 0.416 e. The fourth-order valence-corrected chi connectivity index (χ4v) is 4.95. The number of hydrogen-bond acceptors (Lipinski definition) is 7. The molecule has 1 aromatic heterocycles. The Morgan fingerprint density at radius 1 is 1.09 bits per heavy atom. The highest BCUT2D eigenvalue weighted by molar-refractivity contribution is 5.94. The lowest BCUT2D eigenvalue weighted by atomic mass is 9.86. The summed E-state index contributed by atoms with van der Waals surface area (Å²) in [6, 6.07) is 6.29. The highest BCUT2D eigenvalue weighted by Crippen LogP contribution is 2.39. The molecule has 1 unspecified atom stereocenters. The first kappa shape index (κ1) is 31.6. The summed E-state index contributed by atoms with van der Waals surface area (Å²) in [5.74, 6) is 0.137. The van der Waals surface area contributed by atoms with Gasteiger partial charge in [-0.3, -0.25) is 10.1 Å². The number of aliphatic carboxylic acids is 1. The van der Waals surface area contributed by atoms with Crippen molar-refractivity contribution in [2.45, 2.75) is 71.7 Å². The Kier molecular flexibility index (Phi) is 8.89. The zero-order valence-electron chi connectivity index (χ0n) is 24.8. The van der Waals surface area contributed by atoms with E-state index in [1.807, 2.05) is 12.1 Å². The maximum Gasteiger partial charge on any atom is 0.416 e. The van der Waals surface area contributed by atoms with Gasteiger partial charge in [0.25, 0.3) is 0 Å². The summed E-state index contributed by atoms with van der Waals surface area (Å²) in [4.78, 5) is 32.8. The number of aryl methyl sites for hydroxylation is 1. The van der Waals surface area contributed by atoms with E-state index in [1.54, 1.807) is 47.8 Å². The Morgan fingerprint density at radius 3 is 2.40 bits per heavy atom. The van der Waals surface area contributed by atoms with Crippen LogP contribution < -0.4 is 15.4 Å². The average molecular weight is 601 g/mol. The molecule has 0 spiro atoms. The molecule has 2 aromatic carbocycles. The van der Waals surface area contributed by atoms with E-state index >= 15 is 0 Å². The molecule has 12 heteroatoms. The van der Waals surface area contributed by atoms with Crippen LogP contribution in [0.15, 0.2) is 36.4 Å². The number of fused-ring (bicyclic) bond motifs is 1. The molecule has 230 valence electrons. The third-order valence-electron chi connectivity index (χ3n) is 7.02. The zero-order chi connectivity index (χ0) is 31.7. The Labute approximate surface area is 247 Å². The largest absolute Gasteiger partial charge is 0.496 e. The maximum absolute atomic E-state index is 13.8. The van der Waals surface area contributed by atoms with Crippen molar-refractivity contribution in [2.24, 2.45) is 5.92 Å². The second-order valence-corrected chi connectivity index (χ2v) is 11.6. The highest BCUT2D eigenvalue weighted by Gasteiger charge is 2.32. The van der Waals surface area contributed by atoms with E-state index in [4.69, 9.17) is 9.47 Å². The van der Waals surface area contributed by atoms with E-state index in [9.17, 15) is 27.9 Å². The Morgan fingerprint density at radius 2 is 1.81 bits per heavy atom. The molecule has 0 bridgehead atoms. The minimum Gasteiger partial charge on any atom is -0.496 e. The standard InChI is InChI=1S/C31H35F3N4O5/c1-16(20-11-21(31(32,33)34)13-22(12-20)38-29(41)43-30(3,4)5)35-27-24-14-23(18-7-9-19(10-8-18)28(39)40)26(42-6)15-25(24)36-17(2)37-27/h7,11-16,19H,8-10H2,1-6H3,(H,38,41)(H,39,40)(H,35,36,37)/t16-,19?/m1/s1. The third-order valence-corrected chi connectivity index (χ3v) is 7.02. The van der Waals surface area contributed by atoms with Gasteiger partial charge in [0, 0.05) is 22.7 Å². The second-order valence-electron chi connectivity index (χ2n) is 11.6. The molecule has 3 N–H and O–H groups in total. The molecule has 9 nitrogen and oxygen atoms in total. The molecule has 3 aromatic rings. The number of methoxy groups -OCH3 is 1. The van der Waals surface area contributed by atoms with Gasteiger partial charge in [0.15, 0.2) is 0 Å². The van der Waals surface area contributed by atoms with E-state index in [0.29, 0.717) is 47.6 Å². The first-order chi connectivity index (χ1) is 20.0. The first-order valence-corrected chi connectivity index (χ1v) is 13.8. The summed E-state index contributed by atoms with van der Waals surface area (Å²) in [6.07, 6.45) is -2.19. The summed E-state index contributed by atoms with van der Waals surface area (Å²) in [7, 11) is 1.54. The van der Waals surface area contributed by atoms with Crippen molar-refractivity contribution < 1.29 is 37.3 Å². The Hall–Kier alpha value is -4.35. The fourth-order valence-electron chi connectivity index (χ4n) is 4.95. The number of carboxylic acid groups (broad SMARTS) is 1. The molecule has 2 atom stereocenters. The van der Waals surface area contributed by atoms with Crippen molar-refractivity contribution in [3.05, 3.63) is 58.9 Å². The van der Waals surface area contributed by atoms with Crippen molar-refractivity contribution >= 4 is 40.0 Å². The second kappa shape index (κ2) is 12.1. The lowest BCUT2D eigenvalue weighted by Gasteiger charge is -2.23. The Bertz CT molecular complexity index is 1580. The maximum atomic E-state index is 13.8.